The summed E-state index contributed by atoms with van der Waals surface area (Å²) in [6, 6.07) is 0. The van der Waals surface area contributed by atoms with E-state index in [-0.39, 0.29) is 5.28 Å². The summed E-state index contributed by atoms with van der Waals surface area (Å²) in [6.45, 7) is 5.27. The van der Waals surface area contributed by atoms with E-state index in [0.29, 0.717) is 30.9 Å². The third kappa shape index (κ3) is 4.18. The van der Waals surface area contributed by atoms with Crippen LogP contribution in [0.25, 0.3) is 0 Å². The molecule has 20 heavy (non-hydrogen) atoms. The van der Waals surface area contributed by atoms with Gasteiger partial charge in [0, 0.05) is 13.1 Å². The second kappa shape index (κ2) is 6.54. The first-order valence-electron chi connectivity index (χ1n) is 7.12. The van der Waals surface area contributed by atoms with Crippen LogP contribution in [0.1, 0.15) is 39.5 Å². The Morgan fingerprint density at radius 2 is 2.00 bits per heavy atom. The Morgan fingerprint density at radius 1 is 1.30 bits per heavy atom. The highest BCUT2D eigenvalue weighted by Gasteiger charge is 2.32. The van der Waals surface area contributed by atoms with Crippen LogP contribution in [-0.2, 0) is 0 Å². The Kier molecular flexibility index (Phi) is 4.99. The molecule has 1 heterocycles. The molecule has 3 N–H and O–H groups in total. The number of rotatable bonds is 5. The molecule has 1 aromatic heterocycles. The molecule has 7 heteroatoms. The van der Waals surface area contributed by atoms with E-state index in [1.54, 1.807) is 0 Å². The number of hydrogen-bond acceptors (Lipinski definition) is 6. The van der Waals surface area contributed by atoms with E-state index in [1.165, 1.54) is 6.42 Å². The van der Waals surface area contributed by atoms with Crippen molar-refractivity contribution in [3.63, 3.8) is 0 Å². The third-order valence-corrected chi connectivity index (χ3v) is 3.76. The van der Waals surface area contributed by atoms with Crippen LogP contribution in [0.4, 0.5) is 11.9 Å². The molecule has 2 atom stereocenters. The second-order valence-corrected chi connectivity index (χ2v) is 5.90. The molecule has 0 aliphatic heterocycles. The fourth-order valence-corrected chi connectivity index (χ4v) is 2.86. The maximum absolute atomic E-state index is 10.6. The molecule has 1 fully saturated rings. The summed E-state index contributed by atoms with van der Waals surface area (Å²) in [5.41, 5.74) is -0.685. The molecule has 1 saturated carbocycles. The Labute approximate surface area is 124 Å². The summed E-state index contributed by atoms with van der Waals surface area (Å²) in [4.78, 5) is 12.2. The highest BCUT2D eigenvalue weighted by atomic mass is 35.5. The molecule has 112 valence electrons. The van der Waals surface area contributed by atoms with Crippen molar-refractivity contribution >= 4 is 23.5 Å². The molecule has 1 aliphatic carbocycles. The lowest BCUT2D eigenvalue weighted by atomic mass is 9.79. The number of nitrogens with one attached hydrogen (secondary N) is 2. The van der Waals surface area contributed by atoms with Crippen LogP contribution in [0.2, 0.25) is 5.28 Å². The van der Waals surface area contributed by atoms with Crippen LogP contribution in [0.3, 0.4) is 0 Å². The van der Waals surface area contributed by atoms with Crippen molar-refractivity contribution in [3.05, 3.63) is 5.28 Å². The summed E-state index contributed by atoms with van der Waals surface area (Å²) in [7, 11) is 0. The van der Waals surface area contributed by atoms with Crippen LogP contribution in [0.5, 0.6) is 0 Å². The van der Waals surface area contributed by atoms with E-state index in [2.05, 4.69) is 32.5 Å². The average molecular weight is 300 g/mol. The highest BCUT2D eigenvalue weighted by Crippen LogP contribution is 2.32. The van der Waals surface area contributed by atoms with Crippen molar-refractivity contribution < 1.29 is 5.11 Å². The summed E-state index contributed by atoms with van der Waals surface area (Å²) in [5, 5.41) is 16.8. The van der Waals surface area contributed by atoms with Gasteiger partial charge in [-0.15, -0.1) is 0 Å². The van der Waals surface area contributed by atoms with E-state index in [1.807, 2.05) is 6.92 Å². The summed E-state index contributed by atoms with van der Waals surface area (Å²) in [5.74, 6) is 1.39. The lowest BCUT2D eigenvalue weighted by Crippen LogP contribution is -2.41. The maximum atomic E-state index is 10.6. The Hall–Kier alpha value is -1.14. The van der Waals surface area contributed by atoms with E-state index < -0.39 is 5.60 Å². The minimum atomic E-state index is -0.685. The van der Waals surface area contributed by atoms with Crippen LogP contribution < -0.4 is 10.6 Å². The van der Waals surface area contributed by atoms with Crippen molar-refractivity contribution in [2.75, 3.05) is 23.7 Å². The Morgan fingerprint density at radius 3 is 2.65 bits per heavy atom. The number of hydrogen-bond donors (Lipinski definition) is 3. The zero-order valence-electron chi connectivity index (χ0n) is 12.0. The first-order valence-corrected chi connectivity index (χ1v) is 7.50. The predicted octanol–water partition coefficient (Wildman–Crippen LogP) is 2.31. The number of aromatic nitrogens is 3. The van der Waals surface area contributed by atoms with Crippen molar-refractivity contribution in [3.8, 4) is 0 Å². The quantitative estimate of drug-likeness (QED) is 0.774. The summed E-state index contributed by atoms with van der Waals surface area (Å²) < 4.78 is 0. The molecular weight excluding hydrogens is 278 g/mol. The second-order valence-electron chi connectivity index (χ2n) is 5.56. The molecule has 0 bridgehead atoms. The van der Waals surface area contributed by atoms with Gasteiger partial charge >= 0.3 is 0 Å². The monoisotopic (exact) mass is 299 g/mol. The molecule has 2 unspecified atom stereocenters. The Balaban J connectivity index is 1.99. The molecule has 1 aromatic rings. The molecule has 6 nitrogen and oxygen atoms in total. The molecule has 0 amide bonds. The standard InChI is InChI=1S/C13H22ClN5O/c1-3-15-11-17-10(14)18-12(19-11)16-8-13(20)6-4-5-9(2)7-13/h9,20H,3-8H2,1-2H3,(H2,15,16,17,18,19). The van der Waals surface area contributed by atoms with E-state index >= 15 is 0 Å². The lowest BCUT2D eigenvalue weighted by Gasteiger charge is -2.35. The van der Waals surface area contributed by atoms with E-state index in [9.17, 15) is 5.11 Å². The summed E-state index contributed by atoms with van der Waals surface area (Å²) in [6.07, 6.45) is 3.85. The molecule has 0 spiro atoms. The molecule has 1 aliphatic rings. The minimum Gasteiger partial charge on any atom is -0.388 e. The topological polar surface area (TPSA) is 83.0 Å². The normalized spacial score (nSPS) is 26.3. The van der Waals surface area contributed by atoms with Gasteiger partial charge in [-0.25, -0.2) is 0 Å². The molecule has 2 rings (SSSR count). The van der Waals surface area contributed by atoms with Gasteiger partial charge in [0.15, 0.2) is 0 Å². The Bertz CT molecular complexity index is 458. The molecule has 0 saturated heterocycles. The SMILES string of the molecule is CCNc1nc(Cl)nc(NCC2(O)CCCC(C)C2)n1. The number of nitrogens with zero attached hydrogens (tertiary/aromatic N) is 3. The van der Waals surface area contributed by atoms with Gasteiger partial charge in [-0.3, -0.25) is 0 Å². The predicted molar refractivity (Wildman–Crippen MR) is 80.1 cm³/mol. The zero-order chi connectivity index (χ0) is 14.6. The van der Waals surface area contributed by atoms with Gasteiger partial charge in [0.2, 0.25) is 17.2 Å². The van der Waals surface area contributed by atoms with Crippen LogP contribution in [0.15, 0.2) is 0 Å². The van der Waals surface area contributed by atoms with Crippen molar-refractivity contribution in [2.24, 2.45) is 5.92 Å². The van der Waals surface area contributed by atoms with Gasteiger partial charge in [-0.2, -0.15) is 15.0 Å². The van der Waals surface area contributed by atoms with Crippen molar-refractivity contribution in [1.29, 1.82) is 0 Å². The first-order chi connectivity index (χ1) is 9.50. The molecule has 0 radical (unpaired) electrons. The largest absolute Gasteiger partial charge is 0.388 e. The number of aliphatic hydroxyl groups is 1. The van der Waals surface area contributed by atoms with Crippen LogP contribution in [-0.4, -0.2) is 38.7 Å². The van der Waals surface area contributed by atoms with Gasteiger partial charge in [0.25, 0.3) is 0 Å². The van der Waals surface area contributed by atoms with Gasteiger partial charge in [0.1, 0.15) is 0 Å². The van der Waals surface area contributed by atoms with Gasteiger partial charge in [-0.05, 0) is 37.3 Å². The van der Waals surface area contributed by atoms with Crippen LogP contribution in [0, 0.1) is 5.92 Å². The minimum absolute atomic E-state index is 0.141. The van der Waals surface area contributed by atoms with Crippen molar-refractivity contribution in [2.45, 2.75) is 45.1 Å². The maximum Gasteiger partial charge on any atom is 0.228 e. The van der Waals surface area contributed by atoms with Crippen LogP contribution >= 0.6 is 11.6 Å². The molecule has 0 aromatic carbocycles. The fourth-order valence-electron chi connectivity index (χ4n) is 2.70. The van der Waals surface area contributed by atoms with Gasteiger partial charge in [0.05, 0.1) is 5.60 Å². The van der Waals surface area contributed by atoms with Gasteiger partial charge < -0.3 is 15.7 Å². The lowest BCUT2D eigenvalue weighted by molar-refractivity contribution is -0.000899. The van der Waals surface area contributed by atoms with Gasteiger partial charge in [-0.1, -0.05) is 19.8 Å². The smallest absolute Gasteiger partial charge is 0.228 e. The third-order valence-electron chi connectivity index (χ3n) is 3.59. The highest BCUT2D eigenvalue weighted by molar-refractivity contribution is 6.28. The average Bonchev–Trinajstić information content (AvgIpc) is 2.36. The zero-order valence-corrected chi connectivity index (χ0v) is 12.7. The summed E-state index contributed by atoms with van der Waals surface area (Å²) >= 11 is 5.86. The first kappa shape index (κ1) is 15.3. The number of halogens is 1. The molecular formula is C13H22ClN5O. The van der Waals surface area contributed by atoms with E-state index in [0.717, 1.165) is 19.3 Å². The van der Waals surface area contributed by atoms with E-state index in [4.69, 9.17) is 11.6 Å². The van der Waals surface area contributed by atoms with Crippen molar-refractivity contribution in [1.82, 2.24) is 15.0 Å². The number of anilines is 2. The fraction of sp³-hybridized carbons (Fsp3) is 0.769.